The van der Waals surface area contributed by atoms with Gasteiger partial charge < -0.3 is 29.6 Å². The van der Waals surface area contributed by atoms with Crippen LogP contribution in [0.5, 0.6) is 5.75 Å². The molecule has 180 valence electrons. The molecular formula is C26H34N6O2. The zero-order chi connectivity index (χ0) is 23.3. The van der Waals surface area contributed by atoms with Crippen molar-refractivity contribution in [3.63, 3.8) is 0 Å². The van der Waals surface area contributed by atoms with Crippen molar-refractivity contribution in [3.8, 4) is 17.2 Å². The molecule has 1 aromatic carbocycles. The van der Waals surface area contributed by atoms with Crippen LogP contribution in [0.2, 0.25) is 0 Å². The molecule has 8 nitrogen and oxygen atoms in total. The summed E-state index contributed by atoms with van der Waals surface area (Å²) in [5.74, 6) is 3.24. The summed E-state index contributed by atoms with van der Waals surface area (Å²) in [6.45, 7) is 10.2. The molecule has 2 aromatic heterocycles. The molecule has 0 bridgehead atoms. The highest BCUT2D eigenvalue weighted by Gasteiger charge is 2.18. The first-order valence-electron chi connectivity index (χ1n) is 12.2. The van der Waals surface area contributed by atoms with E-state index in [1.807, 2.05) is 37.4 Å². The summed E-state index contributed by atoms with van der Waals surface area (Å²) in [4.78, 5) is 14.1. The fourth-order valence-corrected chi connectivity index (χ4v) is 4.43. The highest BCUT2D eigenvalue weighted by Crippen LogP contribution is 2.29. The molecular weight excluding hydrogens is 428 g/mol. The van der Waals surface area contributed by atoms with E-state index in [-0.39, 0.29) is 0 Å². The third kappa shape index (κ3) is 5.58. The fourth-order valence-electron chi connectivity index (χ4n) is 4.43. The standard InChI is InChI=1S/C26H34N6O2/c1-19-17-28-26(30-25(19)23-16-20-8-9-27-18-24(20)34-23)29-21-4-6-22(7-5-21)33-15-3-10-32-13-11-31(2)12-14-32/h4-7,16-17,27H,3,8-15,18H2,1-2H3,(H,28,29,30). The number of hydrogen-bond donors (Lipinski definition) is 2. The second-order valence-corrected chi connectivity index (χ2v) is 9.21. The van der Waals surface area contributed by atoms with E-state index in [9.17, 15) is 0 Å². The number of ether oxygens (including phenoxy) is 1. The first-order valence-corrected chi connectivity index (χ1v) is 12.2. The maximum Gasteiger partial charge on any atom is 0.227 e. The van der Waals surface area contributed by atoms with E-state index in [1.54, 1.807) is 0 Å². The lowest BCUT2D eigenvalue weighted by Crippen LogP contribution is -2.44. The normalized spacial score (nSPS) is 16.9. The van der Waals surface area contributed by atoms with Gasteiger partial charge in [0.1, 0.15) is 17.2 Å². The van der Waals surface area contributed by atoms with E-state index in [1.165, 1.54) is 5.56 Å². The van der Waals surface area contributed by atoms with Crippen molar-refractivity contribution in [3.05, 3.63) is 53.4 Å². The van der Waals surface area contributed by atoms with Gasteiger partial charge in [-0.05, 0) is 74.8 Å². The summed E-state index contributed by atoms with van der Waals surface area (Å²) in [5, 5.41) is 6.65. The van der Waals surface area contributed by atoms with Crippen LogP contribution < -0.4 is 15.4 Å². The number of nitrogens with zero attached hydrogens (tertiary/aromatic N) is 4. The Balaban J connectivity index is 1.15. The third-order valence-electron chi connectivity index (χ3n) is 6.55. The second-order valence-electron chi connectivity index (χ2n) is 9.21. The Morgan fingerprint density at radius 3 is 2.76 bits per heavy atom. The van der Waals surface area contributed by atoms with Crippen LogP contribution in [0.4, 0.5) is 11.6 Å². The lowest BCUT2D eigenvalue weighted by Gasteiger charge is -2.32. The largest absolute Gasteiger partial charge is 0.494 e. The van der Waals surface area contributed by atoms with Crippen molar-refractivity contribution in [2.45, 2.75) is 26.3 Å². The number of hydrogen-bond acceptors (Lipinski definition) is 8. The fraction of sp³-hybridized carbons (Fsp3) is 0.462. The van der Waals surface area contributed by atoms with E-state index >= 15 is 0 Å². The smallest absolute Gasteiger partial charge is 0.227 e. The van der Waals surface area contributed by atoms with Crippen molar-refractivity contribution in [2.24, 2.45) is 0 Å². The Morgan fingerprint density at radius 1 is 1.15 bits per heavy atom. The van der Waals surface area contributed by atoms with Gasteiger partial charge >= 0.3 is 0 Å². The Kier molecular flexibility index (Phi) is 7.08. The van der Waals surface area contributed by atoms with Crippen LogP contribution in [-0.2, 0) is 13.0 Å². The first kappa shape index (κ1) is 22.8. The highest BCUT2D eigenvalue weighted by molar-refractivity contribution is 5.62. The molecule has 4 heterocycles. The van der Waals surface area contributed by atoms with Gasteiger partial charge in [-0.3, -0.25) is 0 Å². The molecule has 2 aliphatic heterocycles. The van der Waals surface area contributed by atoms with E-state index in [0.29, 0.717) is 5.95 Å². The van der Waals surface area contributed by atoms with Gasteiger partial charge in [-0.1, -0.05) is 0 Å². The summed E-state index contributed by atoms with van der Waals surface area (Å²) in [5.41, 5.74) is 4.00. The summed E-state index contributed by atoms with van der Waals surface area (Å²) < 4.78 is 12.0. The zero-order valence-corrected chi connectivity index (χ0v) is 20.1. The maximum atomic E-state index is 6.08. The minimum Gasteiger partial charge on any atom is -0.494 e. The molecule has 0 radical (unpaired) electrons. The molecule has 5 rings (SSSR count). The Hall–Kier alpha value is -2.94. The molecule has 8 heteroatoms. The van der Waals surface area contributed by atoms with E-state index in [2.05, 4.69) is 38.5 Å². The SMILES string of the molecule is Cc1cnc(Nc2ccc(OCCCN3CCN(C)CC3)cc2)nc1-c1cc2c(o1)CNCC2. The average Bonchev–Trinajstić information content (AvgIpc) is 3.29. The molecule has 1 fully saturated rings. The Labute approximate surface area is 201 Å². The maximum absolute atomic E-state index is 6.08. The van der Waals surface area contributed by atoms with Gasteiger partial charge in [0, 0.05) is 44.6 Å². The van der Waals surface area contributed by atoms with E-state index in [4.69, 9.17) is 14.1 Å². The lowest BCUT2D eigenvalue weighted by molar-refractivity contribution is 0.145. The molecule has 2 aliphatic rings. The highest BCUT2D eigenvalue weighted by atomic mass is 16.5. The minimum atomic E-state index is 0.550. The number of anilines is 2. The van der Waals surface area contributed by atoms with E-state index in [0.717, 1.165) is 99.5 Å². The van der Waals surface area contributed by atoms with Crippen LogP contribution in [0.3, 0.4) is 0 Å². The van der Waals surface area contributed by atoms with Crippen LogP contribution >= 0.6 is 0 Å². The summed E-state index contributed by atoms with van der Waals surface area (Å²) in [7, 11) is 2.19. The Bertz CT molecular complexity index is 1070. The predicted molar refractivity (Wildman–Crippen MR) is 134 cm³/mol. The monoisotopic (exact) mass is 462 g/mol. The number of likely N-dealkylation sites (N-methyl/N-ethyl adjacent to an activating group) is 1. The molecule has 34 heavy (non-hydrogen) atoms. The second kappa shape index (κ2) is 10.5. The molecule has 3 aromatic rings. The van der Waals surface area contributed by atoms with Gasteiger partial charge in [0.15, 0.2) is 5.76 Å². The van der Waals surface area contributed by atoms with Gasteiger partial charge in [0.25, 0.3) is 0 Å². The van der Waals surface area contributed by atoms with Crippen LogP contribution in [-0.4, -0.2) is 72.7 Å². The number of furan rings is 1. The molecule has 0 amide bonds. The van der Waals surface area contributed by atoms with Gasteiger partial charge in [0.2, 0.25) is 5.95 Å². The summed E-state index contributed by atoms with van der Waals surface area (Å²) in [6.07, 6.45) is 3.86. The van der Waals surface area contributed by atoms with Crippen molar-refractivity contribution in [1.82, 2.24) is 25.1 Å². The van der Waals surface area contributed by atoms with Gasteiger partial charge in [-0.2, -0.15) is 0 Å². The van der Waals surface area contributed by atoms with Crippen LogP contribution in [0.25, 0.3) is 11.5 Å². The number of nitrogens with one attached hydrogen (secondary N) is 2. The average molecular weight is 463 g/mol. The lowest BCUT2D eigenvalue weighted by atomic mass is 10.1. The number of benzene rings is 1. The van der Waals surface area contributed by atoms with Gasteiger partial charge in [0.05, 0.1) is 13.2 Å². The van der Waals surface area contributed by atoms with E-state index < -0.39 is 0 Å². The molecule has 0 aliphatic carbocycles. The number of piperazine rings is 1. The number of aryl methyl sites for hydroxylation is 1. The van der Waals surface area contributed by atoms with Crippen molar-refractivity contribution >= 4 is 11.6 Å². The zero-order valence-electron chi connectivity index (χ0n) is 20.1. The topological polar surface area (TPSA) is 78.7 Å². The van der Waals surface area contributed by atoms with Crippen LogP contribution in [0.15, 0.2) is 40.9 Å². The Morgan fingerprint density at radius 2 is 1.97 bits per heavy atom. The van der Waals surface area contributed by atoms with Gasteiger partial charge in [-0.15, -0.1) is 0 Å². The van der Waals surface area contributed by atoms with Gasteiger partial charge in [-0.25, -0.2) is 9.97 Å². The van der Waals surface area contributed by atoms with Crippen LogP contribution in [0, 0.1) is 6.92 Å². The number of rotatable bonds is 8. The molecule has 0 atom stereocenters. The van der Waals surface area contributed by atoms with Crippen molar-refractivity contribution < 1.29 is 9.15 Å². The molecule has 0 saturated carbocycles. The molecule has 2 N–H and O–H groups in total. The molecule has 0 spiro atoms. The predicted octanol–water partition coefficient (Wildman–Crippen LogP) is 3.45. The van der Waals surface area contributed by atoms with Crippen molar-refractivity contribution in [2.75, 3.05) is 58.2 Å². The minimum absolute atomic E-state index is 0.550. The van der Waals surface area contributed by atoms with Crippen molar-refractivity contribution in [1.29, 1.82) is 0 Å². The molecule has 0 unspecified atom stereocenters. The summed E-state index contributed by atoms with van der Waals surface area (Å²) >= 11 is 0. The quantitative estimate of drug-likeness (QED) is 0.493. The first-order chi connectivity index (χ1) is 16.6. The number of fused-ring (bicyclic) bond motifs is 1. The third-order valence-corrected chi connectivity index (χ3v) is 6.55. The summed E-state index contributed by atoms with van der Waals surface area (Å²) in [6, 6.07) is 10.1. The number of aromatic nitrogens is 2. The van der Waals surface area contributed by atoms with Crippen LogP contribution in [0.1, 0.15) is 23.3 Å². The molecule has 1 saturated heterocycles.